The van der Waals surface area contributed by atoms with Gasteiger partial charge in [0.25, 0.3) is 0 Å². The maximum absolute atomic E-state index is 12.9. The molecular formula is C14H28N2O2S. The van der Waals surface area contributed by atoms with Gasteiger partial charge in [0.05, 0.1) is 17.0 Å². The lowest BCUT2D eigenvalue weighted by molar-refractivity contribution is -0.141. The summed E-state index contributed by atoms with van der Waals surface area (Å²) in [7, 11) is 1.64. The predicted molar refractivity (Wildman–Crippen MR) is 83.1 cm³/mol. The SMILES string of the molecule is CCC(C)N(CCOC)C(=O)C(CC)(CC)C(N)=S. The molecule has 0 spiro atoms. The molecule has 0 radical (unpaired) electrons. The second-order valence-electron chi connectivity index (χ2n) is 4.90. The van der Waals surface area contributed by atoms with Crippen molar-refractivity contribution in [2.45, 2.75) is 53.0 Å². The highest BCUT2D eigenvalue weighted by Gasteiger charge is 2.41. The molecule has 0 heterocycles. The fourth-order valence-corrected chi connectivity index (χ4v) is 2.59. The van der Waals surface area contributed by atoms with Crippen LogP contribution in [0.25, 0.3) is 0 Å². The third kappa shape index (κ3) is 4.14. The Morgan fingerprint density at radius 2 is 1.89 bits per heavy atom. The van der Waals surface area contributed by atoms with Gasteiger partial charge in [-0.3, -0.25) is 4.79 Å². The minimum atomic E-state index is -0.716. The third-order valence-electron chi connectivity index (χ3n) is 4.01. The smallest absolute Gasteiger partial charge is 0.235 e. The van der Waals surface area contributed by atoms with Gasteiger partial charge in [0.1, 0.15) is 0 Å². The fraction of sp³-hybridized carbons (Fsp3) is 0.857. The maximum Gasteiger partial charge on any atom is 0.235 e. The lowest BCUT2D eigenvalue weighted by Gasteiger charge is -2.38. The summed E-state index contributed by atoms with van der Waals surface area (Å²) in [5.41, 5.74) is 5.14. The van der Waals surface area contributed by atoms with Crippen LogP contribution >= 0.6 is 12.2 Å². The molecule has 1 atom stereocenters. The number of hydrogen-bond acceptors (Lipinski definition) is 3. The van der Waals surface area contributed by atoms with E-state index in [9.17, 15) is 4.79 Å². The first-order chi connectivity index (χ1) is 8.91. The number of methoxy groups -OCH3 is 1. The maximum atomic E-state index is 12.9. The quantitative estimate of drug-likeness (QED) is 0.662. The molecule has 0 saturated carbocycles. The van der Waals surface area contributed by atoms with Crippen LogP contribution in [0.3, 0.4) is 0 Å². The Kier molecular flexibility index (Phi) is 8.18. The number of nitrogens with two attached hydrogens (primary N) is 1. The van der Waals surface area contributed by atoms with Crippen LogP contribution in [0.15, 0.2) is 0 Å². The number of hydrogen-bond donors (Lipinski definition) is 1. The minimum Gasteiger partial charge on any atom is -0.392 e. The minimum absolute atomic E-state index is 0.0383. The van der Waals surface area contributed by atoms with Crippen LogP contribution in [0.4, 0.5) is 0 Å². The molecule has 0 aromatic rings. The first-order valence-corrected chi connectivity index (χ1v) is 7.41. The van der Waals surface area contributed by atoms with E-state index in [4.69, 9.17) is 22.7 Å². The normalized spacial score (nSPS) is 13.1. The molecule has 0 fully saturated rings. The Hall–Kier alpha value is -0.680. The average Bonchev–Trinajstić information content (AvgIpc) is 2.40. The number of carbonyl (C=O) groups is 1. The second-order valence-corrected chi connectivity index (χ2v) is 5.34. The first kappa shape index (κ1) is 18.3. The molecule has 0 aliphatic carbocycles. The predicted octanol–water partition coefficient (Wildman–Crippen LogP) is 2.35. The van der Waals surface area contributed by atoms with E-state index >= 15 is 0 Å². The molecule has 5 heteroatoms. The molecular weight excluding hydrogens is 260 g/mol. The molecule has 0 aliphatic heterocycles. The standard InChI is InChI=1S/C14H28N2O2S/c1-6-11(4)16(9-10-18-5)13(17)14(7-2,8-3)12(15)19/h11H,6-10H2,1-5H3,(H2,15,19). The zero-order valence-corrected chi connectivity index (χ0v) is 13.7. The van der Waals surface area contributed by atoms with Crippen LogP contribution in [-0.2, 0) is 9.53 Å². The molecule has 0 aliphatic rings. The lowest BCUT2D eigenvalue weighted by atomic mass is 9.80. The van der Waals surface area contributed by atoms with Crippen molar-refractivity contribution in [3.63, 3.8) is 0 Å². The molecule has 0 rings (SSSR count). The Bertz CT molecular complexity index is 304. The van der Waals surface area contributed by atoms with Crippen molar-refractivity contribution in [3.8, 4) is 0 Å². The van der Waals surface area contributed by atoms with Crippen LogP contribution in [0.5, 0.6) is 0 Å². The van der Waals surface area contributed by atoms with Gasteiger partial charge in [-0.2, -0.15) is 0 Å². The Balaban J connectivity index is 5.29. The van der Waals surface area contributed by atoms with Gasteiger partial charge in [-0.1, -0.05) is 33.0 Å². The molecule has 4 nitrogen and oxygen atoms in total. The molecule has 0 saturated heterocycles. The largest absolute Gasteiger partial charge is 0.392 e. The molecule has 19 heavy (non-hydrogen) atoms. The van der Waals surface area contributed by atoms with Crippen molar-refractivity contribution >= 4 is 23.1 Å². The fourth-order valence-electron chi connectivity index (χ4n) is 2.21. The van der Waals surface area contributed by atoms with Crippen molar-refractivity contribution in [2.24, 2.45) is 11.1 Å². The van der Waals surface area contributed by atoms with E-state index in [1.165, 1.54) is 0 Å². The number of ether oxygens (including phenoxy) is 1. The molecule has 1 amide bonds. The van der Waals surface area contributed by atoms with E-state index in [-0.39, 0.29) is 11.9 Å². The van der Waals surface area contributed by atoms with Crippen molar-refractivity contribution in [1.82, 2.24) is 4.90 Å². The van der Waals surface area contributed by atoms with Crippen LogP contribution < -0.4 is 5.73 Å². The molecule has 0 aromatic carbocycles. The highest BCUT2D eigenvalue weighted by atomic mass is 32.1. The summed E-state index contributed by atoms with van der Waals surface area (Å²) in [6, 6.07) is 0.162. The molecule has 1 unspecified atom stereocenters. The first-order valence-electron chi connectivity index (χ1n) is 7.01. The van der Waals surface area contributed by atoms with Crippen LogP contribution in [0, 0.1) is 5.41 Å². The van der Waals surface area contributed by atoms with Crippen LogP contribution in [0.1, 0.15) is 47.0 Å². The molecule has 0 bridgehead atoms. The Morgan fingerprint density at radius 3 is 2.21 bits per heavy atom. The third-order valence-corrected chi connectivity index (χ3v) is 4.40. The summed E-state index contributed by atoms with van der Waals surface area (Å²) in [5.74, 6) is 0.0383. The number of carbonyl (C=O) groups excluding carboxylic acids is 1. The van der Waals surface area contributed by atoms with E-state index in [1.54, 1.807) is 7.11 Å². The summed E-state index contributed by atoms with van der Waals surface area (Å²) < 4.78 is 5.10. The van der Waals surface area contributed by atoms with Gasteiger partial charge in [-0.25, -0.2) is 0 Å². The zero-order valence-electron chi connectivity index (χ0n) is 12.9. The van der Waals surface area contributed by atoms with Gasteiger partial charge in [-0.15, -0.1) is 0 Å². The van der Waals surface area contributed by atoms with Gasteiger partial charge in [-0.05, 0) is 26.2 Å². The Morgan fingerprint density at radius 1 is 1.37 bits per heavy atom. The van der Waals surface area contributed by atoms with E-state index in [0.717, 1.165) is 6.42 Å². The molecule has 0 aromatic heterocycles. The summed E-state index contributed by atoms with van der Waals surface area (Å²) in [4.78, 5) is 15.0. The van der Waals surface area contributed by atoms with E-state index in [0.29, 0.717) is 31.0 Å². The van der Waals surface area contributed by atoms with E-state index in [2.05, 4.69) is 6.92 Å². The van der Waals surface area contributed by atoms with Crippen molar-refractivity contribution < 1.29 is 9.53 Å². The van der Waals surface area contributed by atoms with Gasteiger partial charge in [0, 0.05) is 19.7 Å². The molecule has 2 N–H and O–H groups in total. The number of rotatable bonds is 9. The van der Waals surface area contributed by atoms with Crippen LogP contribution in [0.2, 0.25) is 0 Å². The summed E-state index contributed by atoms with van der Waals surface area (Å²) >= 11 is 5.16. The highest BCUT2D eigenvalue weighted by molar-refractivity contribution is 7.80. The highest BCUT2D eigenvalue weighted by Crippen LogP contribution is 2.30. The topological polar surface area (TPSA) is 55.6 Å². The van der Waals surface area contributed by atoms with E-state index in [1.807, 2.05) is 25.7 Å². The zero-order chi connectivity index (χ0) is 15.1. The summed E-state index contributed by atoms with van der Waals surface area (Å²) in [6.45, 7) is 9.14. The van der Waals surface area contributed by atoms with Gasteiger partial charge < -0.3 is 15.4 Å². The van der Waals surface area contributed by atoms with Crippen molar-refractivity contribution in [2.75, 3.05) is 20.3 Å². The number of nitrogens with zero attached hydrogens (tertiary/aromatic N) is 1. The van der Waals surface area contributed by atoms with Gasteiger partial charge in [0.15, 0.2) is 0 Å². The number of amides is 1. The molecule has 112 valence electrons. The van der Waals surface area contributed by atoms with E-state index < -0.39 is 5.41 Å². The average molecular weight is 288 g/mol. The monoisotopic (exact) mass is 288 g/mol. The number of thiocarbonyl (C=S) groups is 1. The second kappa shape index (κ2) is 8.48. The summed E-state index contributed by atoms with van der Waals surface area (Å²) in [5, 5.41) is 0. The lowest BCUT2D eigenvalue weighted by Crippen LogP contribution is -2.53. The van der Waals surface area contributed by atoms with Crippen molar-refractivity contribution in [1.29, 1.82) is 0 Å². The van der Waals surface area contributed by atoms with Gasteiger partial charge >= 0.3 is 0 Å². The van der Waals surface area contributed by atoms with Crippen molar-refractivity contribution in [3.05, 3.63) is 0 Å². The summed E-state index contributed by atoms with van der Waals surface area (Å²) in [6.07, 6.45) is 2.17. The van der Waals surface area contributed by atoms with Crippen LogP contribution in [-0.4, -0.2) is 42.1 Å². The Labute approximate surface area is 122 Å². The van der Waals surface area contributed by atoms with Gasteiger partial charge in [0.2, 0.25) is 5.91 Å².